The third-order valence-electron chi connectivity index (χ3n) is 6.37. The van der Waals surface area contributed by atoms with Crippen LogP contribution in [0.5, 0.6) is 0 Å². The molecule has 7 amide bonds. The first kappa shape index (κ1) is 42.6. The average molecular weight is 679 g/mol. The summed E-state index contributed by atoms with van der Waals surface area (Å²) in [5, 5.41) is 59.8. The summed E-state index contributed by atoms with van der Waals surface area (Å²) in [4.78, 5) is 98.4. The van der Waals surface area contributed by atoms with Gasteiger partial charge in [0.1, 0.15) is 42.3 Å². The fraction of sp³-hybridized carbons (Fsp3) is 0.692. The molecule has 0 aromatic heterocycles. The van der Waals surface area contributed by atoms with Crippen molar-refractivity contribution >= 4 is 47.3 Å². The van der Waals surface area contributed by atoms with Gasteiger partial charge in [-0.1, -0.05) is 13.8 Å². The fourth-order valence-corrected chi connectivity index (χ4v) is 3.69. The summed E-state index contributed by atoms with van der Waals surface area (Å²) in [6.07, 6.45) is -0.812. The number of primary amides is 1. The number of carbonyl (C=O) groups excluding carboxylic acids is 7. The highest BCUT2D eigenvalue weighted by Gasteiger charge is 2.33. The van der Waals surface area contributed by atoms with Crippen LogP contribution in [-0.2, 0) is 38.4 Å². The molecule has 0 unspecified atom stereocenters. The van der Waals surface area contributed by atoms with E-state index in [4.69, 9.17) is 21.7 Å². The van der Waals surface area contributed by atoms with Crippen molar-refractivity contribution in [3.63, 3.8) is 0 Å². The van der Waals surface area contributed by atoms with Gasteiger partial charge in [-0.15, -0.1) is 0 Å². The van der Waals surface area contributed by atoms with Gasteiger partial charge in [0.05, 0.1) is 26.4 Å². The topological polar surface area (TPSA) is 362 Å². The Labute approximate surface area is 269 Å². The molecule has 0 aromatic rings. The van der Waals surface area contributed by atoms with Crippen LogP contribution in [-0.4, -0.2) is 142 Å². The van der Waals surface area contributed by atoms with Crippen LogP contribution in [0.15, 0.2) is 0 Å². The average Bonchev–Trinajstić information content (AvgIpc) is 3.00. The van der Waals surface area contributed by atoms with Crippen LogP contribution in [0, 0.1) is 5.92 Å². The number of carboxylic acid groups (broad SMARTS) is 1. The van der Waals surface area contributed by atoms with Crippen LogP contribution >= 0.6 is 0 Å². The Bertz CT molecular complexity index is 1120. The molecule has 15 N–H and O–H groups in total. The molecule has 21 nitrogen and oxygen atoms in total. The first-order valence-corrected chi connectivity index (χ1v) is 14.4. The van der Waals surface area contributed by atoms with E-state index in [1.54, 1.807) is 13.8 Å². The Kier molecular flexibility index (Phi) is 19.4. The minimum absolute atomic E-state index is 0.0406. The third-order valence-corrected chi connectivity index (χ3v) is 6.37. The predicted octanol–water partition coefficient (Wildman–Crippen LogP) is -7.39. The summed E-state index contributed by atoms with van der Waals surface area (Å²) >= 11 is 0. The Morgan fingerprint density at radius 2 is 0.957 bits per heavy atom. The Hall–Kier alpha value is -4.44. The molecule has 0 aromatic carbocycles. The Morgan fingerprint density at radius 1 is 0.553 bits per heavy atom. The first-order chi connectivity index (χ1) is 21.9. The lowest BCUT2D eigenvalue weighted by molar-refractivity contribution is -0.143. The van der Waals surface area contributed by atoms with Gasteiger partial charge in [-0.2, -0.15) is 0 Å². The molecule has 0 saturated carbocycles. The third kappa shape index (κ3) is 15.6. The van der Waals surface area contributed by atoms with E-state index in [9.17, 15) is 53.7 Å². The number of rotatable bonds is 22. The fourth-order valence-electron chi connectivity index (χ4n) is 3.69. The van der Waals surface area contributed by atoms with Gasteiger partial charge in [0.25, 0.3) is 0 Å². The molecule has 0 aliphatic rings. The molecule has 47 heavy (non-hydrogen) atoms. The van der Waals surface area contributed by atoms with E-state index in [-0.39, 0.29) is 18.8 Å². The van der Waals surface area contributed by atoms with Crippen molar-refractivity contribution in [3.05, 3.63) is 0 Å². The van der Waals surface area contributed by atoms with Gasteiger partial charge in [0.2, 0.25) is 41.4 Å². The van der Waals surface area contributed by atoms with E-state index in [1.165, 1.54) is 6.92 Å². The van der Waals surface area contributed by atoms with Gasteiger partial charge < -0.3 is 68.9 Å². The zero-order valence-electron chi connectivity index (χ0n) is 26.2. The van der Waals surface area contributed by atoms with E-state index < -0.39 is 122 Å². The highest BCUT2D eigenvalue weighted by molar-refractivity contribution is 5.97. The zero-order chi connectivity index (χ0) is 36.4. The second kappa shape index (κ2) is 21.4. The number of nitrogens with two attached hydrogens (primary N) is 2. The monoisotopic (exact) mass is 678 g/mol. The molecular weight excluding hydrogens is 632 g/mol. The Morgan fingerprint density at radius 3 is 1.38 bits per heavy atom. The standard InChI is InChI=1S/C26H46N8O13/c1-11(2)6-15(23(43)30-14(4-5-19(28)39)22(42)34-18(10-38)26(46)47)31-24(44)17(9-37)33-25(45)16(8-36)32-20(40)12(3)29-21(41)13(27)7-35/h11-18,35-38H,4-10,27H2,1-3H3,(H2,28,39)(H,29,41)(H,30,43)(H,31,44)(H,32,40)(H,33,45)(H,34,42)(H,46,47)/t12-,13-,14-,15-,16-,17-,18-/m0/s1. The van der Waals surface area contributed by atoms with E-state index in [1.807, 2.05) is 5.32 Å². The van der Waals surface area contributed by atoms with Crippen molar-refractivity contribution in [1.29, 1.82) is 0 Å². The summed E-state index contributed by atoms with van der Waals surface area (Å²) < 4.78 is 0. The minimum atomic E-state index is -1.73. The normalized spacial score (nSPS) is 15.4. The number of carboxylic acids is 1. The van der Waals surface area contributed by atoms with Crippen LogP contribution in [0.1, 0.15) is 40.0 Å². The van der Waals surface area contributed by atoms with Crippen molar-refractivity contribution in [2.24, 2.45) is 17.4 Å². The van der Waals surface area contributed by atoms with E-state index in [0.29, 0.717) is 0 Å². The van der Waals surface area contributed by atoms with Crippen molar-refractivity contribution in [1.82, 2.24) is 31.9 Å². The maximum atomic E-state index is 13.2. The van der Waals surface area contributed by atoms with Crippen LogP contribution < -0.4 is 43.4 Å². The number of nitrogens with one attached hydrogen (secondary N) is 6. The SMILES string of the molecule is CC(C)C[C@H](NC(=O)[C@H](CO)NC(=O)[C@H](CO)NC(=O)[C@H](C)NC(=O)[C@@H](N)CO)C(=O)N[C@@H](CCC(N)=O)C(=O)N[C@@H](CO)C(=O)O. The number of hydrogen-bond acceptors (Lipinski definition) is 13. The highest BCUT2D eigenvalue weighted by atomic mass is 16.4. The van der Waals surface area contributed by atoms with Gasteiger partial charge in [-0.05, 0) is 25.7 Å². The quantitative estimate of drug-likeness (QED) is 0.0506. The number of aliphatic hydroxyl groups excluding tert-OH is 4. The summed E-state index contributed by atoms with van der Waals surface area (Å²) in [6, 6.07) is -10.6. The maximum absolute atomic E-state index is 13.2. The Balaban J connectivity index is 5.72. The second-order valence-electron chi connectivity index (χ2n) is 10.8. The largest absolute Gasteiger partial charge is 0.480 e. The lowest BCUT2D eigenvalue weighted by Gasteiger charge is -2.27. The first-order valence-electron chi connectivity index (χ1n) is 14.4. The highest BCUT2D eigenvalue weighted by Crippen LogP contribution is 2.08. The molecule has 0 aliphatic heterocycles. The van der Waals surface area contributed by atoms with Gasteiger partial charge in [-0.25, -0.2) is 4.79 Å². The number of carbonyl (C=O) groups is 8. The zero-order valence-corrected chi connectivity index (χ0v) is 26.2. The van der Waals surface area contributed by atoms with Gasteiger partial charge >= 0.3 is 5.97 Å². The molecule has 0 radical (unpaired) electrons. The maximum Gasteiger partial charge on any atom is 0.328 e. The van der Waals surface area contributed by atoms with E-state index >= 15 is 0 Å². The van der Waals surface area contributed by atoms with Crippen LogP contribution in [0.2, 0.25) is 0 Å². The summed E-state index contributed by atoms with van der Waals surface area (Å²) in [5.41, 5.74) is 10.5. The van der Waals surface area contributed by atoms with Crippen LogP contribution in [0.4, 0.5) is 0 Å². The van der Waals surface area contributed by atoms with Gasteiger partial charge in [-0.3, -0.25) is 33.6 Å². The molecule has 7 atom stereocenters. The number of aliphatic hydroxyl groups is 4. The van der Waals surface area contributed by atoms with Crippen LogP contribution in [0.25, 0.3) is 0 Å². The molecule has 0 aliphatic carbocycles. The lowest BCUT2D eigenvalue weighted by atomic mass is 10.0. The minimum Gasteiger partial charge on any atom is -0.480 e. The molecule has 0 fully saturated rings. The molecule has 0 heterocycles. The molecule has 0 spiro atoms. The van der Waals surface area contributed by atoms with Gasteiger partial charge in [0, 0.05) is 6.42 Å². The summed E-state index contributed by atoms with van der Waals surface area (Å²) in [6.45, 7) is 0.939. The van der Waals surface area contributed by atoms with Gasteiger partial charge in [0.15, 0.2) is 0 Å². The van der Waals surface area contributed by atoms with Crippen molar-refractivity contribution in [3.8, 4) is 0 Å². The number of hydrogen-bond donors (Lipinski definition) is 13. The van der Waals surface area contributed by atoms with Crippen molar-refractivity contribution < 1.29 is 63.9 Å². The number of aliphatic carboxylic acids is 1. The van der Waals surface area contributed by atoms with E-state index in [0.717, 1.165) is 0 Å². The predicted molar refractivity (Wildman–Crippen MR) is 159 cm³/mol. The van der Waals surface area contributed by atoms with Crippen molar-refractivity contribution in [2.75, 3.05) is 26.4 Å². The molecule has 0 rings (SSSR count). The molecule has 268 valence electrons. The van der Waals surface area contributed by atoms with Crippen molar-refractivity contribution in [2.45, 2.75) is 82.3 Å². The summed E-state index contributed by atoms with van der Waals surface area (Å²) in [7, 11) is 0. The van der Waals surface area contributed by atoms with E-state index in [2.05, 4.69) is 26.6 Å². The smallest absolute Gasteiger partial charge is 0.328 e. The molecule has 0 saturated heterocycles. The second-order valence-corrected chi connectivity index (χ2v) is 10.8. The van der Waals surface area contributed by atoms with Crippen LogP contribution in [0.3, 0.4) is 0 Å². The number of amides is 7. The molecular formula is C26H46N8O13. The lowest BCUT2D eigenvalue weighted by Crippen LogP contribution is -2.61. The molecule has 21 heteroatoms. The molecule has 0 bridgehead atoms. The summed E-state index contributed by atoms with van der Waals surface area (Å²) in [5.74, 6) is -8.74.